The van der Waals surface area contributed by atoms with E-state index >= 15 is 0 Å². The maximum atomic E-state index is 13.1. The number of hydrogen-bond donors (Lipinski definition) is 0. The van der Waals surface area contributed by atoms with E-state index < -0.39 is 60.3 Å². The van der Waals surface area contributed by atoms with E-state index in [-0.39, 0.29) is 6.54 Å². The van der Waals surface area contributed by atoms with Crippen LogP contribution in [-0.2, 0) is 49.4 Å². The number of benzene rings is 1. The van der Waals surface area contributed by atoms with Crippen LogP contribution in [0.1, 0.15) is 40.2 Å². The number of rotatable bonds is 6. The van der Waals surface area contributed by atoms with E-state index in [0.717, 1.165) is 5.56 Å². The summed E-state index contributed by atoms with van der Waals surface area (Å²) < 4.78 is 35.6. The number of carbonyl (C=O) groups excluding carboxylic acids is 2. The molecule has 3 fully saturated rings. The van der Waals surface area contributed by atoms with Crippen molar-refractivity contribution in [2.24, 2.45) is 0 Å². The summed E-state index contributed by atoms with van der Waals surface area (Å²) in [5, 5.41) is 1.27. The fraction of sp³-hybridized carbons (Fsp3) is 0.652. The molecule has 0 amide bonds. The number of carbonyl (C=O) groups is 2. The average Bonchev–Trinajstić information content (AvgIpc) is 3.22. The summed E-state index contributed by atoms with van der Waals surface area (Å²) in [6.45, 7) is 8.49. The van der Waals surface area contributed by atoms with E-state index in [1.54, 1.807) is 27.7 Å². The van der Waals surface area contributed by atoms with E-state index in [0.29, 0.717) is 0 Å². The van der Waals surface area contributed by atoms with Crippen LogP contribution in [0.15, 0.2) is 30.3 Å². The predicted octanol–water partition coefficient (Wildman–Crippen LogP) is 1.90. The van der Waals surface area contributed by atoms with Crippen LogP contribution in [0.5, 0.6) is 0 Å². The number of ether oxygens (including phenoxy) is 6. The zero-order chi connectivity index (χ0) is 24.0. The van der Waals surface area contributed by atoms with Crippen molar-refractivity contribution in [3.8, 4) is 0 Å². The Balaban J connectivity index is 1.71. The molecule has 10 nitrogen and oxygen atoms in total. The van der Waals surface area contributed by atoms with Crippen molar-refractivity contribution in [2.45, 2.75) is 89.5 Å². The molecule has 0 saturated carbocycles. The Morgan fingerprint density at radius 1 is 0.970 bits per heavy atom. The van der Waals surface area contributed by atoms with Gasteiger partial charge in [0.15, 0.2) is 23.9 Å². The fourth-order valence-electron chi connectivity index (χ4n) is 4.55. The van der Waals surface area contributed by atoms with Crippen LogP contribution >= 0.6 is 0 Å². The molecule has 0 bridgehead atoms. The molecule has 0 spiro atoms. The normalized spacial score (nSPS) is 32.6. The van der Waals surface area contributed by atoms with Crippen LogP contribution in [-0.4, -0.2) is 72.4 Å². The van der Waals surface area contributed by atoms with Crippen molar-refractivity contribution in [1.29, 1.82) is 0 Å². The highest BCUT2D eigenvalue weighted by Gasteiger charge is 2.63. The second kappa shape index (κ2) is 8.94. The molecular formula is C23H31NO9. The molecule has 3 heterocycles. The smallest absolute Gasteiger partial charge is 0.329 e. The van der Waals surface area contributed by atoms with Crippen molar-refractivity contribution in [3.63, 3.8) is 0 Å². The highest BCUT2D eigenvalue weighted by Crippen LogP contribution is 2.45. The lowest BCUT2D eigenvalue weighted by atomic mass is 9.93. The molecule has 6 atom stereocenters. The summed E-state index contributed by atoms with van der Waals surface area (Å²) in [6, 6.07) is 8.15. The standard InChI is InChI=1S/C23H31NO9/c1-13(25)33-24(12-14-10-8-7-9-11-14)15(20(26)27-6)16-17-18(30-22(2,3)29-17)19-21(28-16)32-23(4,5)31-19/h7-11,15-19,21H,12H2,1-6H3/t15-,16-,17+,18+,19-,21-/m1/s1. The highest BCUT2D eigenvalue weighted by molar-refractivity contribution is 5.77. The van der Waals surface area contributed by atoms with Crippen LogP contribution in [0, 0.1) is 0 Å². The summed E-state index contributed by atoms with van der Waals surface area (Å²) in [5.74, 6) is -3.10. The molecule has 4 rings (SSSR count). The van der Waals surface area contributed by atoms with E-state index in [9.17, 15) is 9.59 Å². The molecule has 10 heteroatoms. The topological polar surface area (TPSA) is 102 Å². The lowest BCUT2D eigenvalue weighted by molar-refractivity contribution is -0.274. The Morgan fingerprint density at radius 3 is 2.21 bits per heavy atom. The first-order chi connectivity index (χ1) is 15.5. The van der Waals surface area contributed by atoms with Gasteiger partial charge in [0.25, 0.3) is 0 Å². The van der Waals surface area contributed by atoms with Gasteiger partial charge < -0.3 is 33.3 Å². The minimum Gasteiger partial charge on any atom is -0.468 e. The minimum atomic E-state index is -1.16. The SMILES string of the molecule is COC(=O)[C@@H]([C@H]1O[C@@H]2OC(C)(C)O[C@@H]2[C@H]2OC(C)(C)O[C@H]21)N(Cc1ccccc1)OC(C)=O. The molecule has 1 aromatic carbocycles. The fourth-order valence-corrected chi connectivity index (χ4v) is 4.55. The Hall–Kier alpha value is -2.08. The summed E-state index contributed by atoms with van der Waals surface area (Å²) in [4.78, 5) is 30.6. The first-order valence-corrected chi connectivity index (χ1v) is 10.9. The van der Waals surface area contributed by atoms with Crippen molar-refractivity contribution < 1.29 is 42.8 Å². The molecule has 33 heavy (non-hydrogen) atoms. The van der Waals surface area contributed by atoms with Gasteiger partial charge in [-0.25, -0.2) is 0 Å². The van der Waals surface area contributed by atoms with E-state index in [2.05, 4.69) is 0 Å². The number of nitrogens with zero attached hydrogens (tertiary/aromatic N) is 1. The van der Waals surface area contributed by atoms with Crippen molar-refractivity contribution in [2.75, 3.05) is 7.11 Å². The second-order valence-electron chi connectivity index (χ2n) is 9.25. The third-order valence-corrected chi connectivity index (χ3v) is 5.68. The highest BCUT2D eigenvalue weighted by atomic mass is 16.9. The molecule has 3 aliphatic rings. The Bertz CT molecular complexity index is 874. The molecule has 182 valence electrons. The molecule has 0 aromatic heterocycles. The van der Waals surface area contributed by atoms with Gasteiger partial charge in [-0.05, 0) is 33.3 Å². The third kappa shape index (κ3) is 5.06. The van der Waals surface area contributed by atoms with Gasteiger partial charge in [0.1, 0.15) is 24.4 Å². The number of hydrogen-bond acceptors (Lipinski definition) is 10. The minimum absolute atomic E-state index is 0.124. The summed E-state index contributed by atoms with van der Waals surface area (Å²) in [7, 11) is 1.27. The molecule has 3 aliphatic heterocycles. The monoisotopic (exact) mass is 465 g/mol. The number of esters is 1. The molecule has 0 unspecified atom stereocenters. The van der Waals surface area contributed by atoms with Gasteiger partial charge in [-0.3, -0.25) is 9.59 Å². The lowest BCUT2D eigenvalue weighted by Gasteiger charge is -2.42. The lowest BCUT2D eigenvalue weighted by Crippen LogP contribution is -2.63. The summed E-state index contributed by atoms with van der Waals surface area (Å²) in [5.41, 5.74) is 0.823. The Kier molecular flexibility index (Phi) is 6.51. The maximum absolute atomic E-state index is 13.1. The number of fused-ring (bicyclic) bond motifs is 3. The molecule has 0 N–H and O–H groups in total. The van der Waals surface area contributed by atoms with E-state index in [4.69, 9.17) is 33.3 Å². The Morgan fingerprint density at radius 2 is 1.58 bits per heavy atom. The predicted molar refractivity (Wildman–Crippen MR) is 112 cm³/mol. The average molecular weight is 465 g/mol. The molecule has 3 saturated heterocycles. The number of methoxy groups -OCH3 is 1. The summed E-state index contributed by atoms with van der Waals surface area (Å²) in [6.07, 6.45) is -3.60. The molecule has 0 radical (unpaired) electrons. The Labute approximate surface area is 192 Å². The zero-order valence-corrected chi connectivity index (χ0v) is 19.7. The van der Waals surface area contributed by atoms with Gasteiger partial charge in [0.2, 0.25) is 0 Å². The van der Waals surface area contributed by atoms with Gasteiger partial charge >= 0.3 is 11.9 Å². The first-order valence-electron chi connectivity index (χ1n) is 10.9. The van der Waals surface area contributed by atoms with Crippen LogP contribution < -0.4 is 0 Å². The second-order valence-corrected chi connectivity index (χ2v) is 9.25. The summed E-state index contributed by atoms with van der Waals surface area (Å²) >= 11 is 0. The largest absolute Gasteiger partial charge is 0.468 e. The van der Waals surface area contributed by atoms with Gasteiger partial charge in [-0.15, -0.1) is 5.06 Å². The number of hydroxylamine groups is 2. The van der Waals surface area contributed by atoms with Crippen LogP contribution in [0.25, 0.3) is 0 Å². The van der Waals surface area contributed by atoms with E-state index in [1.807, 2.05) is 30.3 Å². The van der Waals surface area contributed by atoms with Crippen LogP contribution in [0.2, 0.25) is 0 Å². The van der Waals surface area contributed by atoms with Crippen molar-refractivity contribution in [3.05, 3.63) is 35.9 Å². The van der Waals surface area contributed by atoms with Gasteiger partial charge in [0, 0.05) is 6.92 Å². The van der Waals surface area contributed by atoms with Crippen molar-refractivity contribution >= 4 is 11.9 Å². The third-order valence-electron chi connectivity index (χ3n) is 5.68. The van der Waals surface area contributed by atoms with Gasteiger partial charge in [-0.1, -0.05) is 30.3 Å². The molecule has 1 aromatic rings. The van der Waals surface area contributed by atoms with Crippen LogP contribution in [0.4, 0.5) is 0 Å². The zero-order valence-electron chi connectivity index (χ0n) is 19.7. The quantitative estimate of drug-likeness (QED) is 0.457. The molecule has 0 aliphatic carbocycles. The van der Waals surface area contributed by atoms with Crippen LogP contribution in [0.3, 0.4) is 0 Å². The van der Waals surface area contributed by atoms with Crippen molar-refractivity contribution in [1.82, 2.24) is 5.06 Å². The first kappa shape index (κ1) is 24.1. The maximum Gasteiger partial charge on any atom is 0.329 e. The van der Waals surface area contributed by atoms with Gasteiger partial charge in [0.05, 0.1) is 13.7 Å². The molecular weight excluding hydrogens is 434 g/mol. The van der Waals surface area contributed by atoms with Gasteiger partial charge in [-0.2, -0.15) is 0 Å². The van der Waals surface area contributed by atoms with E-state index in [1.165, 1.54) is 19.1 Å².